The van der Waals surface area contributed by atoms with Gasteiger partial charge in [-0.25, -0.2) is 9.59 Å². The smallest absolute Gasteiger partial charge is 0.414 e. The summed E-state index contributed by atoms with van der Waals surface area (Å²) in [6.07, 6.45) is -14.6. The molecule has 4 aliphatic rings. The predicted molar refractivity (Wildman–Crippen MR) is 359 cm³/mol. The molecule has 87 heavy (non-hydrogen) atoms. The molecule has 4 heterocycles. The fraction of sp³-hybridized carbons (Fsp3) is 0.377. The number of anilines is 4. The molecule has 21 nitrogen and oxygen atoms in total. The summed E-state index contributed by atoms with van der Waals surface area (Å²) in [5.74, 6) is 0. The third-order valence-electron chi connectivity index (χ3n) is 14.1. The van der Waals surface area contributed by atoms with Gasteiger partial charge in [-0.15, -0.1) is 0 Å². The molecule has 0 radical (unpaired) electrons. The number of nitrogens with one attached hydrogen (secondary N) is 1. The van der Waals surface area contributed by atoms with Gasteiger partial charge < -0.3 is 76.0 Å². The van der Waals surface area contributed by atoms with Crippen LogP contribution in [0.4, 0.5) is 32.3 Å². The number of nitrogen functional groups attached to an aromatic ring is 1. The van der Waals surface area contributed by atoms with Crippen molar-refractivity contribution < 1.29 is 74.5 Å². The van der Waals surface area contributed by atoms with E-state index in [4.69, 9.17) is 45.5 Å². The molecule has 10 rings (SSSR count). The van der Waals surface area contributed by atoms with Crippen LogP contribution in [0.25, 0.3) is 0 Å². The van der Waals surface area contributed by atoms with E-state index >= 15 is 0 Å². The lowest BCUT2D eigenvalue weighted by atomic mass is 9.98. The molecule has 6 aromatic carbocycles. The van der Waals surface area contributed by atoms with E-state index in [2.05, 4.69) is 92.6 Å². The molecule has 4 unspecified atom stereocenters. The number of aliphatic hydroxyl groups is 9. The molecule has 4 fully saturated rings. The number of amides is 2. The SMILES string of the molecule is C.Nc1ccc(N2C[C@@H](CN(Cc3ccccc3)Cc3ccccc3)OC2=O)cc1.O=C1O[C@H](CN(Cc2ccccc2)Cc2ccccc2)CN1c1ccc(N[C@H]2OC(CO)[C@H](O)C(O)[C@H]2O)cc1.OCC1O[C@H](O)C(O)[C@@H](O)[C@@H]1O.S.S.S.S.S. The lowest BCUT2D eigenvalue weighted by molar-refractivity contribution is -0.286. The number of nitrogens with zero attached hydrogens (tertiary/aromatic N) is 4. The second-order valence-corrected chi connectivity index (χ2v) is 20.3. The number of aliphatic hydroxyl groups excluding tert-OH is 9. The van der Waals surface area contributed by atoms with Crippen molar-refractivity contribution >= 4 is 102 Å². The first-order valence-corrected chi connectivity index (χ1v) is 26.7. The van der Waals surface area contributed by atoms with Crippen molar-refractivity contribution in [2.75, 3.05) is 60.2 Å². The van der Waals surface area contributed by atoms with Gasteiger partial charge in [0.15, 0.2) is 12.5 Å². The summed E-state index contributed by atoms with van der Waals surface area (Å²) < 4.78 is 21.5. The van der Waals surface area contributed by atoms with Crippen molar-refractivity contribution in [3.8, 4) is 0 Å². The second-order valence-electron chi connectivity index (χ2n) is 20.3. The summed E-state index contributed by atoms with van der Waals surface area (Å²) in [5, 5.41) is 87.3. The largest absolute Gasteiger partial charge is 0.443 e. The van der Waals surface area contributed by atoms with Crippen LogP contribution in [0.5, 0.6) is 0 Å². The Labute approximate surface area is 543 Å². The standard InChI is InChI=1S/C30H35N3O7.C24H25N3O2.C6H12O6.CH4.5H2S/c34-19-25-26(35)27(36)28(37)29(40-25)31-22-11-13-23(14-12-22)33-18-24(39-30(33)38)17-32(15-20-7-3-1-4-8-20)16-21-9-5-2-6-10-21;25-21-11-13-22(14-12-21)27-18-23(29-24(27)28)17-26(15-19-7-3-1-4-8-19)16-20-9-5-2-6-10-20;7-1-2-3(8)4(9)5(10)6(11)12-2;;;;;;/h1-14,24-29,31,34-37H,15-19H2;1-14,23H,15-18,25H2;2-11H,1H2;1H4;5*1H2/t24-,25?,26+,27?,28-,29+;23-;2?,3-,4+,5?,6+;;;;;;/m111....../s1. The molecule has 2 amide bonds. The summed E-state index contributed by atoms with van der Waals surface area (Å²) in [4.78, 5) is 33.1. The van der Waals surface area contributed by atoms with E-state index in [0.717, 1.165) is 31.9 Å². The maximum Gasteiger partial charge on any atom is 0.414 e. The number of cyclic esters (lactones) is 2. The molecule has 0 spiro atoms. The predicted octanol–water partition coefficient (Wildman–Crippen LogP) is 4.20. The molecule has 6 aromatic rings. The Morgan fingerprint density at radius 1 is 0.448 bits per heavy atom. The highest BCUT2D eigenvalue weighted by Crippen LogP contribution is 2.29. The lowest BCUT2D eigenvalue weighted by Gasteiger charge is -2.40. The molecule has 26 heteroatoms. The average molecular weight is 1300 g/mol. The summed E-state index contributed by atoms with van der Waals surface area (Å²) in [6.45, 7) is 4.18. The fourth-order valence-corrected chi connectivity index (χ4v) is 9.83. The maximum absolute atomic E-state index is 12.8. The number of hydrogen-bond acceptors (Lipinski definition) is 19. The Kier molecular flexibility index (Phi) is 34.2. The van der Waals surface area contributed by atoms with E-state index in [0.29, 0.717) is 43.2 Å². The quantitative estimate of drug-likeness (QED) is 0.0538. The summed E-state index contributed by atoms with van der Waals surface area (Å²) in [7, 11) is 0. The number of hydrogen-bond donors (Lipinski definition) is 11. The number of benzene rings is 6. The van der Waals surface area contributed by atoms with Crippen LogP contribution in [0.3, 0.4) is 0 Å². The molecule has 0 aliphatic carbocycles. The van der Waals surface area contributed by atoms with Gasteiger partial charge in [-0.05, 0) is 70.8 Å². The van der Waals surface area contributed by atoms with Crippen LogP contribution in [0.15, 0.2) is 170 Å². The van der Waals surface area contributed by atoms with Gasteiger partial charge in [-0.1, -0.05) is 129 Å². The molecule has 4 saturated heterocycles. The van der Waals surface area contributed by atoms with Crippen LogP contribution >= 0.6 is 67.5 Å². The molecular formula is C61H86N6O15S5. The first kappa shape index (κ1) is 77.8. The first-order valence-electron chi connectivity index (χ1n) is 26.7. The minimum atomic E-state index is -1.57. The minimum absolute atomic E-state index is 0. The van der Waals surface area contributed by atoms with Gasteiger partial charge in [-0.3, -0.25) is 19.6 Å². The molecular weight excluding hydrogens is 1220 g/mol. The van der Waals surface area contributed by atoms with E-state index < -0.39 is 80.7 Å². The highest BCUT2D eigenvalue weighted by Gasteiger charge is 2.44. The van der Waals surface area contributed by atoms with Crippen molar-refractivity contribution in [3.63, 3.8) is 0 Å². The summed E-state index contributed by atoms with van der Waals surface area (Å²) in [6, 6.07) is 55.4. The molecule has 0 saturated carbocycles. The van der Waals surface area contributed by atoms with E-state index in [-0.39, 0.29) is 93.2 Å². The minimum Gasteiger partial charge on any atom is -0.443 e. The molecule has 4 aliphatic heterocycles. The van der Waals surface area contributed by atoms with Crippen molar-refractivity contribution in [1.82, 2.24) is 9.80 Å². The van der Waals surface area contributed by atoms with Gasteiger partial charge in [-0.2, -0.15) is 67.5 Å². The molecule has 0 bridgehead atoms. The van der Waals surface area contributed by atoms with Crippen LogP contribution in [-0.4, -0.2) is 181 Å². The number of ether oxygens (including phenoxy) is 4. The normalized spacial score (nSPS) is 24.4. The topological polar surface area (TPSA) is 304 Å². The zero-order chi connectivity index (χ0) is 57.4. The average Bonchev–Trinajstić information content (AvgIpc) is 4.12. The molecule has 480 valence electrons. The Hall–Kier alpha value is -5.31. The highest BCUT2D eigenvalue weighted by molar-refractivity contribution is 7.60. The third-order valence-corrected chi connectivity index (χ3v) is 14.1. The fourth-order valence-electron chi connectivity index (χ4n) is 9.83. The second kappa shape index (κ2) is 38.3. The molecule has 0 aromatic heterocycles. The Morgan fingerprint density at radius 3 is 1.14 bits per heavy atom. The van der Waals surface area contributed by atoms with Gasteiger partial charge in [0.1, 0.15) is 61.0 Å². The van der Waals surface area contributed by atoms with E-state index in [1.54, 1.807) is 46.2 Å². The first-order chi connectivity index (χ1) is 39.2. The van der Waals surface area contributed by atoms with Crippen LogP contribution in [0, 0.1) is 0 Å². The van der Waals surface area contributed by atoms with Crippen LogP contribution in [0.2, 0.25) is 0 Å². The third kappa shape index (κ3) is 22.0. The van der Waals surface area contributed by atoms with Gasteiger partial charge >= 0.3 is 12.2 Å². The Balaban J connectivity index is 0.000000483. The number of carbonyl (C=O) groups excluding carboxylic acids is 2. The van der Waals surface area contributed by atoms with Gasteiger partial charge in [0.05, 0.1) is 26.3 Å². The van der Waals surface area contributed by atoms with Crippen molar-refractivity contribution in [3.05, 3.63) is 192 Å². The van der Waals surface area contributed by atoms with E-state index in [9.17, 15) is 30.0 Å². The zero-order valence-electron chi connectivity index (χ0n) is 47.0. The van der Waals surface area contributed by atoms with Crippen LogP contribution in [-0.2, 0) is 45.1 Å². The monoisotopic (exact) mass is 1300 g/mol. The highest BCUT2D eigenvalue weighted by atomic mass is 32.1. The zero-order valence-corrected chi connectivity index (χ0v) is 52.0. The van der Waals surface area contributed by atoms with Crippen molar-refractivity contribution in [1.29, 1.82) is 0 Å². The van der Waals surface area contributed by atoms with Crippen molar-refractivity contribution in [2.45, 2.75) is 107 Å². The van der Waals surface area contributed by atoms with Gasteiger partial charge in [0, 0.05) is 62.0 Å². The number of carbonyl (C=O) groups is 2. The van der Waals surface area contributed by atoms with Gasteiger partial charge in [0.2, 0.25) is 0 Å². The maximum atomic E-state index is 12.8. The van der Waals surface area contributed by atoms with E-state index in [1.165, 1.54) is 22.3 Å². The van der Waals surface area contributed by atoms with E-state index in [1.807, 2.05) is 60.7 Å². The molecule has 12 N–H and O–H groups in total. The van der Waals surface area contributed by atoms with Crippen LogP contribution in [0.1, 0.15) is 29.7 Å². The number of nitrogens with two attached hydrogens (primary N) is 1. The van der Waals surface area contributed by atoms with Crippen molar-refractivity contribution in [2.24, 2.45) is 0 Å². The number of rotatable bonds is 18. The summed E-state index contributed by atoms with van der Waals surface area (Å²) >= 11 is 0. The Morgan fingerprint density at radius 2 is 0.782 bits per heavy atom. The lowest BCUT2D eigenvalue weighted by Crippen LogP contribution is -2.60. The Bertz CT molecular complexity index is 2770. The summed E-state index contributed by atoms with van der Waals surface area (Å²) in [5.41, 5.74) is 13.3. The van der Waals surface area contributed by atoms with Crippen LogP contribution < -0.4 is 20.9 Å². The van der Waals surface area contributed by atoms with Gasteiger partial charge in [0.25, 0.3) is 0 Å². The molecule has 12 atom stereocenters.